The first-order chi connectivity index (χ1) is 16.1. The van der Waals surface area contributed by atoms with Gasteiger partial charge in [0.25, 0.3) is 0 Å². The van der Waals surface area contributed by atoms with Crippen LogP contribution in [-0.2, 0) is 21.4 Å². The molecular weight excluding hydrogens is 563 g/mol. The molecule has 3 rings (SSSR count). The van der Waals surface area contributed by atoms with Crippen LogP contribution in [0, 0.1) is 0 Å². The SMILES string of the molecule is COc1ccccc1[C@@H](C)NC(=O)CN(Cc1ccc(Cl)c(Cl)c1)S(=O)(=O)c1ccc(Br)cc1. The molecule has 0 unspecified atom stereocenters. The van der Waals surface area contributed by atoms with Gasteiger partial charge in [0.05, 0.1) is 34.6 Å². The summed E-state index contributed by atoms with van der Waals surface area (Å²) in [4.78, 5) is 13.0. The Kier molecular flexibility index (Phi) is 9.01. The second kappa shape index (κ2) is 11.6. The van der Waals surface area contributed by atoms with Crippen LogP contribution in [0.4, 0.5) is 0 Å². The zero-order chi connectivity index (χ0) is 24.9. The molecule has 180 valence electrons. The monoisotopic (exact) mass is 584 g/mol. The van der Waals surface area contributed by atoms with E-state index in [1.165, 1.54) is 12.1 Å². The summed E-state index contributed by atoms with van der Waals surface area (Å²) in [7, 11) is -2.44. The van der Waals surface area contributed by atoms with Crippen molar-refractivity contribution in [2.24, 2.45) is 0 Å². The Morgan fingerprint density at radius 2 is 1.74 bits per heavy atom. The number of nitrogens with zero attached hydrogens (tertiary/aromatic N) is 1. The number of sulfonamides is 1. The van der Waals surface area contributed by atoms with Gasteiger partial charge in [0, 0.05) is 16.6 Å². The molecular formula is C24H23BrCl2N2O4S. The maximum atomic E-state index is 13.4. The van der Waals surface area contributed by atoms with Gasteiger partial charge in [-0.15, -0.1) is 0 Å². The third-order valence-electron chi connectivity index (χ3n) is 5.10. The summed E-state index contributed by atoms with van der Waals surface area (Å²) in [5, 5.41) is 3.52. The fraction of sp³-hybridized carbons (Fsp3) is 0.208. The number of hydrogen-bond donors (Lipinski definition) is 1. The molecule has 1 N–H and O–H groups in total. The molecule has 0 spiro atoms. The van der Waals surface area contributed by atoms with Crippen LogP contribution in [0.25, 0.3) is 0 Å². The fourth-order valence-corrected chi connectivity index (χ4v) is 5.34. The van der Waals surface area contributed by atoms with Crippen LogP contribution in [0.5, 0.6) is 5.75 Å². The first-order valence-electron chi connectivity index (χ1n) is 10.2. The van der Waals surface area contributed by atoms with E-state index in [1.807, 2.05) is 25.1 Å². The number of rotatable bonds is 9. The normalized spacial score (nSPS) is 12.4. The average molecular weight is 586 g/mol. The number of methoxy groups -OCH3 is 1. The van der Waals surface area contributed by atoms with Crippen molar-refractivity contribution in [2.45, 2.75) is 24.4 Å². The highest BCUT2D eigenvalue weighted by molar-refractivity contribution is 9.10. The Hall–Kier alpha value is -2.10. The minimum Gasteiger partial charge on any atom is -0.496 e. The predicted molar refractivity (Wildman–Crippen MR) is 138 cm³/mol. The maximum Gasteiger partial charge on any atom is 0.243 e. The molecule has 0 heterocycles. The lowest BCUT2D eigenvalue weighted by molar-refractivity contribution is -0.122. The van der Waals surface area contributed by atoms with Crippen molar-refractivity contribution in [1.82, 2.24) is 9.62 Å². The number of amides is 1. The zero-order valence-corrected chi connectivity index (χ0v) is 22.4. The molecule has 10 heteroatoms. The molecule has 1 amide bonds. The number of halogens is 3. The van der Waals surface area contributed by atoms with Gasteiger partial charge in [0.1, 0.15) is 5.75 Å². The van der Waals surface area contributed by atoms with Gasteiger partial charge in [-0.25, -0.2) is 8.42 Å². The number of ether oxygens (including phenoxy) is 1. The lowest BCUT2D eigenvalue weighted by Crippen LogP contribution is -2.41. The van der Waals surface area contributed by atoms with E-state index >= 15 is 0 Å². The largest absolute Gasteiger partial charge is 0.496 e. The molecule has 0 aliphatic carbocycles. The molecule has 0 saturated carbocycles. The first kappa shape index (κ1) is 26.5. The second-order valence-electron chi connectivity index (χ2n) is 7.51. The van der Waals surface area contributed by atoms with Gasteiger partial charge >= 0.3 is 0 Å². The van der Waals surface area contributed by atoms with Crippen LogP contribution in [0.3, 0.4) is 0 Å². The standard InChI is InChI=1S/C24H23BrCl2N2O4S/c1-16(20-5-3-4-6-23(20)33-2)28-24(30)15-29(14-17-7-12-21(26)22(27)13-17)34(31,32)19-10-8-18(25)9-11-19/h3-13,16H,14-15H2,1-2H3,(H,28,30)/t16-/m1/s1. The van der Waals surface area contributed by atoms with Crippen LogP contribution < -0.4 is 10.1 Å². The summed E-state index contributed by atoms with van der Waals surface area (Å²) >= 11 is 15.4. The Morgan fingerprint density at radius 3 is 2.38 bits per heavy atom. The van der Waals surface area contributed by atoms with Crippen LogP contribution in [-0.4, -0.2) is 32.3 Å². The summed E-state index contributed by atoms with van der Waals surface area (Å²) < 4.78 is 34.1. The lowest BCUT2D eigenvalue weighted by Gasteiger charge is -2.24. The third kappa shape index (κ3) is 6.52. The van der Waals surface area contributed by atoms with Gasteiger partial charge < -0.3 is 10.1 Å². The number of para-hydroxylation sites is 1. The topological polar surface area (TPSA) is 75.7 Å². The molecule has 0 bridgehead atoms. The molecule has 1 atom stereocenters. The highest BCUT2D eigenvalue weighted by atomic mass is 79.9. The van der Waals surface area contributed by atoms with Crippen LogP contribution >= 0.6 is 39.1 Å². The molecule has 0 saturated heterocycles. The zero-order valence-electron chi connectivity index (χ0n) is 18.5. The maximum absolute atomic E-state index is 13.4. The summed E-state index contributed by atoms with van der Waals surface area (Å²) in [5.74, 6) is 0.171. The molecule has 0 radical (unpaired) electrons. The Bertz CT molecular complexity index is 1270. The molecule has 0 aliphatic rings. The van der Waals surface area contributed by atoms with Crippen LogP contribution in [0.2, 0.25) is 10.0 Å². The van der Waals surface area contributed by atoms with E-state index in [-0.39, 0.29) is 11.4 Å². The van der Waals surface area contributed by atoms with E-state index in [0.717, 1.165) is 14.3 Å². The van der Waals surface area contributed by atoms with Gasteiger partial charge in [-0.2, -0.15) is 4.31 Å². The van der Waals surface area contributed by atoms with Crippen molar-refractivity contribution in [3.8, 4) is 5.75 Å². The Balaban J connectivity index is 1.87. The van der Waals surface area contributed by atoms with E-state index in [0.29, 0.717) is 21.4 Å². The van der Waals surface area contributed by atoms with E-state index < -0.39 is 28.5 Å². The molecule has 0 aromatic heterocycles. The molecule has 34 heavy (non-hydrogen) atoms. The lowest BCUT2D eigenvalue weighted by atomic mass is 10.1. The quantitative estimate of drug-likeness (QED) is 0.343. The van der Waals surface area contributed by atoms with Gasteiger partial charge in [-0.3, -0.25) is 4.79 Å². The fourth-order valence-electron chi connectivity index (χ4n) is 3.37. The van der Waals surface area contributed by atoms with E-state index in [1.54, 1.807) is 43.5 Å². The first-order valence-corrected chi connectivity index (χ1v) is 13.2. The third-order valence-corrected chi connectivity index (χ3v) is 8.17. The minimum absolute atomic E-state index is 0.0637. The highest BCUT2D eigenvalue weighted by Crippen LogP contribution is 2.27. The van der Waals surface area contributed by atoms with Crippen LogP contribution in [0.15, 0.2) is 76.1 Å². The highest BCUT2D eigenvalue weighted by Gasteiger charge is 2.28. The van der Waals surface area contributed by atoms with E-state index in [9.17, 15) is 13.2 Å². The second-order valence-corrected chi connectivity index (χ2v) is 11.2. The molecule has 3 aromatic rings. The molecule has 0 fully saturated rings. The summed E-state index contributed by atoms with van der Waals surface area (Å²) in [5.41, 5.74) is 1.38. The Labute approximate surface area is 218 Å². The predicted octanol–water partition coefficient (Wildman–Crippen LogP) is 5.83. The van der Waals surface area contributed by atoms with E-state index in [4.69, 9.17) is 27.9 Å². The summed E-state index contributed by atoms with van der Waals surface area (Å²) in [6, 6.07) is 18.0. The van der Waals surface area contributed by atoms with Crippen molar-refractivity contribution in [1.29, 1.82) is 0 Å². The number of carbonyl (C=O) groups is 1. The smallest absolute Gasteiger partial charge is 0.243 e. The Morgan fingerprint density at radius 1 is 1.06 bits per heavy atom. The van der Waals surface area contributed by atoms with Crippen molar-refractivity contribution in [3.63, 3.8) is 0 Å². The van der Waals surface area contributed by atoms with Gasteiger partial charge in [-0.05, 0) is 55.0 Å². The van der Waals surface area contributed by atoms with Crippen LogP contribution in [0.1, 0.15) is 24.1 Å². The summed E-state index contributed by atoms with van der Waals surface area (Å²) in [6.45, 7) is 1.35. The molecule has 3 aromatic carbocycles. The van der Waals surface area contributed by atoms with Gasteiger partial charge in [0.2, 0.25) is 15.9 Å². The molecule has 0 aliphatic heterocycles. The molecule has 6 nitrogen and oxygen atoms in total. The van der Waals surface area contributed by atoms with Gasteiger partial charge in [0.15, 0.2) is 0 Å². The van der Waals surface area contributed by atoms with Crippen molar-refractivity contribution >= 4 is 55.1 Å². The number of nitrogens with one attached hydrogen (secondary N) is 1. The van der Waals surface area contributed by atoms with Crippen molar-refractivity contribution in [3.05, 3.63) is 92.4 Å². The van der Waals surface area contributed by atoms with E-state index in [2.05, 4.69) is 21.2 Å². The van der Waals surface area contributed by atoms with Crippen molar-refractivity contribution in [2.75, 3.05) is 13.7 Å². The summed E-state index contributed by atoms with van der Waals surface area (Å²) in [6.07, 6.45) is 0. The van der Waals surface area contributed by atoms with Gasteiger partial charge in [-0.1, -0.05) is 63.4 Å². The minimum atomic E-state index is -4.00. The number of hydrogen-bond acceptors (Lipinski definition) is 4. The number of carbonyl (C=O) groups excluding carboxylic acids is 1. The van der Waals surface area contributed by atoms with Crippen molar-refractivity contribution < 1.29 is 17.9 Å². The number of benzene rings is 3. The average Bonchev–Trinajstić information content (AvgIpc) is 2.81.